The van der Waals surface area contributed by atoms with E-state index in [1.54, 1.807) is 73.8 Å². The summed E-state index contributed by atoms with van der Waals surface area (Å²) in [4.78, 5) is 25.4. The van der Waals surface area contributed by atoms with Gasteiger partial charge in [-0.2, -0.15) is 0 Å². The molecule has 0 aliphatic carbocycles. The zero-order valence-electron chi connectivity index (χ0n) is 18.0. The van der Waals surface area contributed by atoms with Gasteiger partial charge in [0, 0.05) is 11.3 Å². The Hall–Kier alpha value is -3.18. The molecule has 0 spiro atoms. The van der Waals surface area contributed by atoms with E-state index < -0.39 is 0 Å². The van der Waals surface area contributed by atoms with Crippen molar-refractivity contribution in [3.63, 3.8) is 0 Å². The van der Waals surface area contributed by atoms with Crippen molar-refractivity contribution in [1.82, 2.24) is 5.32 Å². The Kier molecular flexibility index (Phi) is 8.61. The van der Waals surface area contributed by atoms with Gasteiger partial charge in [-0.1, -0.05) is 12.1 Å². The van der Waals surface area contributed by atoms with Gasteiger partial charge in [-0.25, -0.2) is 0 Å². The minimum absolute atomic E-state index is 0.0761. The highest BCUT2D eigenvalue weighted by molar-refractivity contribution is 14.1. The van der Waals surface area contributed by atoms with Crippen molar-refractivity contribution in [2.75, 3.05) is 24.4 Å². The van der Waals surface area contributed by atoms with Crippen molar-refractivity contribution in [2.45, 2.75) is 6.92 Å². The summed E-state index contributed by atoms with van der Waals surface area (Å²) < 4.78 is 11.4. The Balaban J connectivity index is 1.66. The van der Waals surface area contributed by atoms with Crippen LogP contribution < -0.4 is 25.4 Å². The molecule has 0 radical (unpaired) electrons. The first-order valence-corrected chi connectivity index (χ1v) is 11.5. The van der Waals surface area contributed by atoms with Crippen molar-refractivity contribution in [3.8, 4) is 11.5 Å². The van der Waals surface area contributed by atoms with Gasteiger partial charge in [-0.3, -0.25) is 14.9 Å². The molecule has 2 amide bonds. The third-order valence-corrected chi connectivity index (χ3v) is 5.53. The molecule has 0 aliphatic heterocycles. The number of carbonyl (C=O) groups is 2. The van der Waals surface area contributed by atoms with Gasteiger partial charge in [0.05, 0.1) is 28.5 Å². The van der Waals surface area contributed by atoms with Crippen LogP contribution >= 0.6 is 34.8 Å². The van der Waals surface area contributed by atoms with Gasteiger partial charge in [0.15, 0.2) is 5.11 Å². The molecular weight excluding hydrogens is 553 g/mol. The second-order valence-corrected chi connectivity index (χ2v) is 8.29. The lowest BCUT2D eigenvalue weighted by Crippen LogP contribution is -2.34. The van der Waals surface area contributed by atoms with Crippen LogP contribution in [0, 0.1) is 3.57 Å². The van der Waals surface area contributed by atoms with Gasteiger partial charge in [0.25, 0.3) is 11.8 Å². The summed E-state index contributed by atoms with van der Waals surface area (Å²) in [6.07, 6.45) is 0. The van der Waals surface area contributed by atoms with Gasteiger partial charge in [-0.15, -0.1) is 0 Å². The number of anilines is 2. The van der Waals surface area contributed by atoms with Crippen LogP contribution in [0.5, 0.6) is 11.5 Å². The third kappa shape index (κ3) is 6.65. The molecule has 0 bridgehead atoms. The fourth-order valence-corrected chi connectivity index (χ4v) is 3.86. The molecule has 0 atom stereocenters. The molecule has 3 N–H and O–H groups in total. The number of hydrogen-bond donors (Lipinski definition) is 3. The minimum atomic E-state index is -0.371. The quantitative estimate of drug-likeness (QED) is 0.269. The fourth-order valence-electron chi connectivity index (χ4n) is 2.93. The van der Waals surface area contributed by atoms with Gasteiger partial charge in [0.2, 0.25) is 0 Å². The first-order chi connectivity index (χ1) is 15.9. The number of para-hydroxylation sites is 1. The Morgan fingerprint density at radius 3 is 2.36 bits per heavy atom. The maximum absolute atomic E-state index is 12.8. The monoisotopic (exact) mass is 575 g/mol. The van der Waals surface area contributed by atoms with E-state index in [-0.39, 0.29) is 16.9 Å². The molecule has 0 aromatic heterocycles. The van der Waals surface area contributed by atoms with Crippen LogP contribution in [-0.2, 0) is 0 Å². The molecule has 3 rings (SSSR count). The Bertz CT molecular complexity index is 1170. The zero-order chi connectivity index (χ0) is 23.8. The molecular formula is C24H22IN3O4S. The predicted molar refractivity (Wildman–Crippen MR) is 141 cm³/mol. The minimum Gasteiger partial charge on any atom is -0.496 e. The van der Waals surface area contributed by atoms with Crippen LogP contribution in [0.3, 0.4) is 0 Å². The molecule has 3 aromatic carbocycles. The molecule has 0 aliphatic rings. The number of ether oxygens (including phenoxy) is 2. The second-order valence-electron chi connectivity index (χ2n) is 6.71. The molecule has 33 heavy (non-hydrogen) atoms. The fraction of sp³-hybridized carbons (Fsp3) is 0.125. The number of nitrogens with one attached hydrogen (secondary N) is 3. The van der Waals surface area contributed by atoms with Crippen molar-refractivity contribution in [2.24, 2.45) is 0 Å². The van der Waals surface area contributed by atoms with Crippen LogP contribution in [-0.4, -0.2) is 30.6 Å². The highest BCUT2D eigenvalue weighted by Crippen LogP contribution is 2.22. The topological polar surface area (TPSA) is 88.7 Å². The first-order valence-electron chi connectivity index (χ1n) is 10.0. The van der Waals surface area contributed by atoms with E-state index in [4.69, 9.17) is 21.7 Å². The van der Waals surface area contributed by atoms with E-state index in [0.717, 1.165) is 9.32 Å². The molecule has 0 unspecified atom stereocenters. The molecule has 0 saturated carbocycles. The maximum atomic E-state index is 12.8. The molecule has 3 aromatic rings. The molecule has 9 heteroatoms. The zero-order valence-corrected chi connectivity index (χ0v) is 21.0. The van der Waals surface area contributed by atoms with Crippen LogP contribution in [0.15, 0.2) is 66.7 Å². The van der Waals surface area contributed by atoms with E-state index in [2.05, 4.69) is 38.5 Å². The van der Waals surface area contributed by atoms with Crippen molar-refractivity contribution in [3.05, 3.63) is 81.4 Å². The second kappa shape index (κ2) is 11.6. The summed E-state index contributed by atoms with van der Waals surface area (Å²) in [7, 11) is 1.57. The molecule has 7 nitrogen and oxygen atoms in total. The van der Waals surface area contributed by atoms with E-state index in [1.807, 2.05) is 6.92 Å². The van der Waals surface area contributed by atoms with Crippen LogP contribution in [0.2, 0.25) is 0 Å². The Morgan fingerprint density at radius 1 is 0.970 bits per heavy atom. The molecule has 0 fully saturated rings. The van der Waals surface area contributed by atoms with Gasteiger partial charge in [0.1, 0.15) is 11.5 Å². The smallest absolute Gasteiger partial charge is 0.257 e. The maximum Gasteiger partial charge on any atom is 0.257 e. The van der Waals surface area contributed by atoms with Gasteiger partial charge >= 0.3 is 0 Å². The lowest BCUT2D eigenvalue weighted by atomic mass is 10.1. The summed E-state index contributed by atoms with van der Waals surface area (Å²) in [6.45, 7) is 2.48. The van der Waals surface area contributed by atoms with Crippen molar-refractivity contribution >= 4 is 63.1 Å². The normalized spacial score (nSPS) is 10.2. The molecule has 170 valence electrons. The van der Waals surface area contributed by atoms with Crippen LogP contribution in [0.25, 0.3) is 0 Å². The highest BCUT2D eigenvalue weighted by atomic mass is 127. The standard InChI is InChI=1S/C24H22IN3O4S/c1-3-32-17-11-9-16(10-12-17)26-23(30)18-6-4-5-7-20(18)27-24(33)28-22(29)15-8-13-21(31-2)19(25)14-15/h4-14H,3H2,1-2H3,(H,26,30)(H2,27,28,29,33). The number of methoxy groups -OCH3 is 1. The van der Waals surface area contributed by atoms with Gasteiger partial charge < -0.3 is 20.1 Å². The van der Waals surface area contributed by atoms with Gasteiger partial charge in [-0.05, 0) is 96.3 Å². The largest absolute Gasteiger partial charge is 0.496 e. The number of halogens is 1. The number of hydrogen-bond acceptors (Lipinski definition) is 5. The van der Waals surface area contributed by atoms with Crippen LogP contribution in [0.1, 0.15) is 27.6 Å². The number of thiocarbonyl (C=S) groups is 1. The lowest BCUT2D eigenvalue weighted by Gasteiger charge is -2.14. The SMILES string of the molecule is CCOc1ccc(NC(=O)c2ccccc2NC(=S)NC(=O)c2ccc(OC)c(I)c2)cc1. The van der Waals surface area contributed by atoms with Crippen molar-refractivity contribution < 1.29 is 19.1 Å². The van der Waals surface area contributed by atoms with E-state index in [9.17, 15) is 9.59 Å². The summed E-state index contributed by atoms with van der Waals surface area (Å²) >= 11 is 7.39. The molecule has 0 saturated heterocycles. The number of amides is 2. The number of benzene rings is 3. The molecule has 0 heterocycles. The third-order valence-electron chi connectivity index (χ3n) is 4.48. The van der Waals surface area contributed by atoms with E-state index in [0.29, 0.717) is 34.9 Å². The predicted octanol–water partition coefficient (Wildman–Crippen LogP) is 5.08. The number of carbonyl (C=O) groups excluding carboxylic acids is 2. The average Bonchev–Trinajstić information content (AvgIpc) is 2.80. The number of rotatable bonds is 7. The summed E-state index contributed by atoms with van der Waals surface area (Å²) in [5.41, 5.74) is 1.91. The first kappa shape index (κ1) is 24.5. The van der Waals surface area contributed by atoms with Crippen LogP contribution in [0.4, 0.5) is 11.4 Å². The Labute approximate surface area is 211 Å². The van der Waals surface area contributed by atoms with E-state index in [1.165, 1.54) is 0 Å². The Morgan fingerprint density at radius 2 is 1.70 bits per heavy atom. The summed E-state index contributed by atoms with van der Waals surface area (Å²) in [5.74, 6) is 0.719. The summed E-state index contributed by atoms with van der Waals surface area (Å²) in [5, 5.41) is 8.49. The van der Waals surface area contributed by atoms with E-state index >= 15 is 0 Å². The van der Waals surface area contributed by atoms with Crippen molar-refractivity contribution in [1.29, 1.82) is 0 Å². The lowest BCUT2D eigenvalue weighted by molar-refractivity contribution is 0.0976. The summed E-state index contributed by atoms with van der Waals surface area (Å²) in [6, 6.07) is 19.1. The highest BCUT2D eigenvalue weighted by Gasteiger charge is 2.15. The average molecular weight is 575 g/mol.